The number of aliphatic hydroxyl groups excluding tert-OH is 1. The molecular weight excluding hydrogens is 420 g/mol. The molecule has 10 heteroatoms. The molecule has 0 saturated carbocycles. The van der Waals surface area contributed by atoms with Gasteiger partial charge in [-0.1, -0.05) is 13.0 Å². The third-order valence-electron chi connectivity index (χ3n) is 5.55. The Balaban J connectivity index is 2.13. The Morgan fingerprint density at radius 3 is 2.61 bits per heavy atom. The van der Waals surface area contributed by atoms with E-state index in [0.717, 1.165) is 5.56 Å². The fraction of sp³-hybridized carbons (Fsp3) is 0.476. The highest BCUT2D eigenvalue weighted by Crippen LogP contribution is 2.36. The molecule has 168 valence electrons. The zero-order valence-electron chi connectivity index (χ0n) is 18.1. The maximum Gasteiger partial charge on any atom is 0.247 e. The molecule has 0 aliphatic carbocycles. The third-order valence-corrected chi connectivity index (χ3v) is 7.57. The Hall–Kier alpha value is -2.56. The van der Waals surface area contributed by atoms with Crippen LogP contribution in [0.15, 0.2) is 41.8 Å². The van der Waals surface area contributed by atoms with Crippen LogP contribution in [0.25, 0.3) is 11.1 Å². The number of ether oxygens (including phenoxy) is 1. The lowest BCUT2D eigenvalue weighted by molar-refractivity contribution is -0.129. The number of aliphatic hydroxyl groups is 1. The van der Waals surface area contributed by atoms with E-state index in [2.05, 4.69) is 9.97 Å². The van der Waals surface area contributed by atoms with Crippen molar-refractivity contribution in [3.63, 3.8) is 0 Å². The van der Waals surface area contributed by atoms with E-state index in [9.17, 15) is 18.3 Å². The van der Waals surface area contributed by atoms with E-state index in [4.69, 9.17) is 4.74 Å². The van der Waals surface area contributed by atoms with Gasteiger partial charge < -0.3 is 14.7 Å². The van der Waals surface area contributed by atoms with Crippen LogP contribution in [0.5, 0.6) is 5.75 Å². The highest BCUT2D eigenvalue weighted by molar-refractivity contribution is 7.89. The topological polar surface area (TPSA) is 113 Å². The van der Waals surface area contributed by atoms with Gasteiger partial charge in [0.1, 0.15) is 23.1 Å². The van der Waals surface area contributed by atoms with Crippen LogP contribution in [0, 0.1) is 5.92 Å². The fourth-order valence-electron chi connectivity index (χ4n) is 3.47. The van der Waals surface area contributed by atoms with Gasteiger partial charge in [0.25, 0.3) is 0 Å². The van der Waals surface area contributed by atoms with Crippen LogP contribution in [0.3, 0.4) is 0 Å². The molecule has 3 atom stereocenters. The number of aromatic nitrogens is 2. The van der Waals surface area contributed by atoms with Crippen LogP contribution in [0.2, 0.25) is 0 Å². The second-order valence-corrected chi connectivity index (χ2v) is 9.79. The van der Waals surface area contributed by atoms with Crippen LogP contribution in [0.1, 0.15) is 20.8 Å². The smallest absolute Gasteiger partial charge is 0.247 e. The summed E-state index contributed by atoms with van der Waals surface area (Å²) in [6.45, 7) is 5.17. The summed E-state index contributed by atoms with van der Waals surface area (Å²) in [5.74, 6) is -0.145. The maximum absolute atomic E-state index is 13.5. The van der Waals surface area contributed by atoms with Crippen molar-refractivity contribution in [2.75, 3.05) is 26.7 Å². The molecule has 0 radical (unpaired) electrons. The lowest BCUT2D eigenvalue weighted by Gasteiger charge is -2.37. The molecule has 0 bridgehead atoms. The van der Waals surface area contributed by atoms with E-state index in [-0.39, 0.29) is 35.6 Å². The molecule has 2 aromatic rings. The average molecular weight is 449 g/mol. The van der Waals surface area contributed by atoms with Gasteiger partial charge in [0.05, 0.1) is 13.2 Å². The molecule has 0 unspecified atom stereocenters. The minimum absolute atomic E-state index is 0.0239. The van der Waals surface area contributed by atoms with Crippen molar-refractivity contribution < 1.29 is 23.1 Å². The summed E-state index contributed by atoms with van der Waals surface area (Å²) in [6.07, 6.45) is 4.24. The van der Waals surface area contributed by atoms with Crippen LogP contribution < -0.4 is 4.74 Å². The van der Waals surface area contributed by atoms with Crippen molar-refractivity contribution >= 4 is 15.9 Å². The number of hydrogen-bond acceptors (Lipinski definition) is 7. The Morgan fingerprint density at radius 1 is 1.32 bits per heavy atom. The molecule has 1 N–H and O–H groups in total. The van der Waals surface area contributed by atoms with Crippen molar-refractivity contribution in [1.29, 1.82) is 0 Å². The number of amides is 1. The van der Waals surface area contributed by atoms with Crippen LogP contribution in [-0.4, -0.2) is 77.5 Å². The van der Waals surface area contributed by atoms with Crippen molar-refractivity contribution in [3.8, 4) is 16.9 Å². The first kappa shape index (κ1) is 23.1. The summed E-state index contributed by atoms with van der Waals surface area (Å²) in [5, 5.41) is 9.69. The SMILES string of the molecule is CC(=O)N(C)C[C@@H]1Oc2cc(-c3cncnc3)ccc2S(=O)(=O)N([C@@H](C)CO)C[C@@H]1C. The van der Waals surface area contributed by atoms with Gasteiger partial charge in [-0.15, -0.1) is 0 Å². The van der Waals surface area contributed by atoms with Gasteiger partial charge in [0, 0.05) is 50.4 Å². The second-order valence-electron chi connectivity index (χ2n) is 7.93. The highest BCUT2D eigenvalue weighted by atomic mass is 32.2. The number of carbonyl (C=O) groups excluding carboxylic acids is 1. The normalized spacial score (nSPS) is 21.8. The maximum atomic E-state index is 13.5. The first-order chi connectivity index (χ1) is 14.6. The zero-order chi connectivity index (χ0) is 22.8. The van der Waals surface area contributed by atoms with E-state index in [1.165, 1.54) is 23.6 Å². The van der Waals surface area contributed by atoms with E-state index < -0.39 is 22.2 Å². The molecule has 1 amide bonds. The molecule has 0 spiro atoms. The molecule has 2 heterocycles. The van der Waals surface area contributed by atoms with Gasteiger partial charge in [0.15, 0.2) is 0 Å². The van der Waals surface area contributed by atoms with Gasteiger partial charge >= 0.3 is 0 Å². The van der Waals surface area contributed by atoms with Crippen LogP contribution in [-0.2, 0) is 14.8 Å². The number of likely N-dealkylation sites (N-methyl/N-ethyl adjacent to an activating group) is 1. The quantitative estimate of drug-likeness (QED) is 0.735. The number of rotatable bonds is 5. The summed E-state index contributed by atoms with van der Waals surface area (Å²) in [6, 6.07) is 4.24. The van der Waals surface area contributed by atoms with Crippen molar-refractivity contribution in [2.45, 2.75) is 37.8 Å². The second kappa shape index (κ2) is 9.29. The third kappa shape index (κ3) is 4.86. The Kier molecular flexibility index (Phi) is 6.93. The first-order valence-corrected chi connectivity index (χ1v) is 11.5. The zero-order valence-corrected chi connectivity index (χ0v) is 18.9. The molecule has 0 saturated heterocycles. The molecule has 1 aliphatic rings. The van der Waals surface area contributed by atoms with E-state index in [1.807, 2.05) is 6.92 Å². The standard InChI is InChI=1S/C21H28N4O5S/c1-14-10-25(15(2)12-26)31(28,29)21-6-5-17(18-8-22-13-23-9-18)7-19(21)30-20(14)11-24(4)16(3)27/h5-9,13-15,20,26H,10-12H2,1-4H3/t14-,15-,20-/m0/s1. The lowest BCUT2D eigenvalue weighted by Crippen LogP contribution is -2.50. The van der Waals surface area contributed by atoms with Gasteiger partial charge in [-0.25, -0.2) is 18.4 Å². The first-order valence-electron chi connectivity index (χ1n) is 10.1. The summed E-state index contributed by atoms with van der Waals surface area (Å²) < 4.78 is 34.4. The number of carbonyl (C=O) groups is 1. The number of hydrogen-bond donors (Lipinski definition) is 1. The average Bonchev–Trinajstić information content (AvgIpc) is 2.75. The fourth-order valence-corrected chi connectivity index (χ4v) is 5.30. The predicted molar refractivity (Wildman–Crippen MR) is 115 cm³/mol. The van der Waals surface area contributed by atoms with Crippen molar-refractivity contribution in [1.82, 2.24) is 19.2 Å². The van der Waals surface area contributed by atoms with Crippen LogP contribution in [0.4, 0.5) is 0 Å². The molecular formula is C21H28N4O5S. The Bertz CT molecular complexity index is 1030. The monoisotopic (exact) mass is 448 g/mol. The summed E-state index contributed by atoms with van der Waals surface area (Å²) >= 11 is 0. The molecule has 3 rings (SSSR count). The molecule has 1 aromatic heterocycles. The van der Waals surface area contributed by atoms with E-state index >= 15 is 0 Å². The summed E-state index contributed by atoms with van der Waals surface area (Å²) in [4.78, 5) is 21.4. The highest BCUT2D eigenvalue weighted by Gasteiger charge is 2.38. The Labute approximate surface area is 182 Å². The van der Waals surface area contributed by atoms with E-state index in [1.54, 1.807) is 43.4 Å². The van der Waals surface area contributed by atoms with Gasteiger partial charge in [-0.2, -0.15) is 4.31 Å². The van der Waals surface area contributed by atoms with Gasteiger partial charge in [-0.05, 0) is 24.6 Å². The molecule has 0 fully saturated rings. The van der Waals surface area contributed by atoms with Gasteiger partial charge in [-0.3, -0.25) is 4.79 Å². The number of fused-ring (bicyclic) bond motifs is 1. The molecule has 1 aromatic carbocycles. The van der Waals surface area contributed by atoms with Crippen molar-refractivity contribution in [3.05, 3.63) is 36.9 Å². The van der Waals surface area contributed by atoms with Crippen molar-refractivity contribution in [2.24, 2.45) is 5.92 Å². The van der Waals surface area contributed by atoms with Crippen LogP contribution >= 0.6 is 0 Å². The summed E-state index contributed by atoms with van der Waals surface area (Å²) in [7, 11) is -2.24. The molecule has 1 aliphatic heterocycles. The molecule has 31 heavy (non-hydrogen) atoms. The minimum Gasteiger partial charge on any atom is -0.487 e. The predicted octanol–water partition coefficient (Wildman–Crippen LogP) is 1.39. The largest absolute Gasteiger partial charge is 0.487 e. The number of benzene rings is 1. The number of nitrogens with zero attached hydrogens (tertiary/aromatic N) is 4. The van der Waals surface area contributed by atoms with E-state index in [0.29, 0.717) is 12.1 Å². The van der Waals surface area contributed by atoms with Gasteiger partial charge in [0.2, 0.25) is 15.9 Å². The number of sulfonamides is 1. The minimum atomic E-state index is -3.92. The Morgan fingerprint density at radius 2 is 2.00 bits per heavy atom. The lowest BCUT2D eigenvalue weighted by atomic mass is 10.0. The summed E-state index contributed by atoms with van der Waals surface area (Å²) in [5.41, 5.74) is 1.43. The molecule has 9 nitrogen and oxygen atoms in total.